The van der Waals surface area contributed by atoms with E-state index in [4.69, 9.17) is 5.26 Å². The molecule has 0 radical (unpaired) electrons. The van der Waals surface area contributed by atoms with E-state index in [1.54, 1.807) is 20.2 Å². The minimum absolute atomic E-state index is 0.0455. The van der Waals surface area contributed by atoms with Crippen molar-refractivity contribution in [1.82, 2.24) is 9.80 Å². The number of aliphatic hydroxyl groups is 1. The van der Waals surface area contributed by atoms with Gasteiger partial charge in [0.05, 0.1) is 23.7 Å². The third-order valence-electron chi connectivity index (χ3n) is 4.08. The lowest BCUT2D eigenvalue weighted by Gasteiger charge is -2.39. The first-order chi connectivity index (χ1) is 10.4. The molecule has 0 aromatic heterocycles. The molecule has 5 heteroatoms. The Hall–Kier alpha value is -1.90. The summed E-state index contributed by atoms with van der Waals surface area (Å²) in [5.74, 6) is -0.0455. The number of β-amino-alcohol motifs (C(OH)–C–C–N with tert-alkyl or cyclic N) is 1. The summed E-state index contributed by atoms with van der Waals surface area (Å²) in [6.07, 6.45) is 1.69. The van der Waals surface area contributed by atoms with Gasteiger partial charge in [-0.1, -0.05) is 12.1 Å². The summed E-state index contributed by atoms with van der Waals surface area (Å²) >= 11 is 0. The summed E-state index contributed by atoms with van der Waals surface area (Å²) in [6, 6.07) is 9.66. The van der Waals surface area contributed by atoms with Gasteiger partial charge in [0, 0.05) is 27.2 Å². The second-order valence-electron chi connectivity index (χ2n) is 6.32. The lowest BCUT2D eigenvalue weighted by molar-refractivity contribution is -0.136. The number of carbonyl (C=O) groups excluding carboxylic acids is 1. The van der Waals surface area contributed by atoms with Crippen LogP contribution in [0, 0.1) is 11.3 Å². The first-order valence-electron chi connectivity index (χ1n) is 7.56. The lowest BCUT2D eigenvalue weighted by Crippen LogP contribution is -2.50. The van der Waals surface area contributed by atoms with Crippen molar-refractivity contribution < 1.29 is 9.90 Å². The van der Waals surface area contributed by atoms with Crippen LogP contribution in [0.3, 0.4) is 0 Å². The van der Waals surface area contributed by atoms with Crippen LogP contribution in [0.5, 0.6) is 0 Å². The van der Waals surface area contributed by atoms with Crippen molar-refractivity contribution >= 4 is 5.91 Å². The molecule has 0 saturated carbocycles. The molecule has 0 spiro atoms. The molecule has 2 rings (SSSR count). The summed E-state index contributed by atoms with van der Waals surface area (Å²) in [5.41, 5.74) is 0.752. The maximum absolute atomic E-state index is 11.9. The number of hydrogen-bond donors (Lipinski definition) is 1. The maximum Gasteiger partial charge on any atom is 0.224 e. The van der Waals surface area contributed by atoms with Crippen LogP contribution in [-0.4, -0.2) is 53.6 Å². The van der Waals surface area contributed by atoms with Crippen LogP contribution in [-0.2, 0) is 11.3 Å². The second kappa shape index (κ2) is 6.91. The first kappa shape index (κ1) is 16.5. The van der Waals surface area contributed by atoms with Crippen molar-refractivity contribution in [3.8, 4) is 6.07 Å². The van der Waals surface area contributed by atoms with Crippen molar-refractivity contribution in [3.05, 3.63) is 35.4 Å². The number of rotatable bonds is 4. The van der Waals surface area contributed by atoms with Gasteiger partial charge >= 0.3 is 0 Å². The fraction of sp³-hybridized carbons (Fsp3) is 0.529. The van der Waals surface area contributed by atoms with Crippen molar-refractivity contribution in [1.29, 1.82) is 5.26 Å². The predicted octanol–water partition coefficient (Wildman–Crippen LogP) is 1.36. The van der Waals surface area contributed by atoms with E-state index in [0.717, 1.165) is 18.5 Å². The van der Waals surface area contributed by atoms with E-state index < -0.39 is 5.60 Å². The van der Waals surface area contributed by atoms with E-state index in [1.807, 2.05) is 18.2 Å². The summed E-state index contributed by atoms with van der Waals surface area (Å²) in [7, 11) is 3.42. The van der Waals surface area contributed by atoms with E-state index >= 15 is 0 Å². The highest BCUT2D eigenvalue weighted by molar-refractivity contribution is 5.76. The van der Waals surface area contributed by atoms with E-state index in [9.17, 15) is 9.90 Å². The largest absolute Gasteiger partial charge is 0.388 e. The summed E-state index contributed by atoms with van der Waals surface area (Å²) in [4.78, 5) is 15.6. The number of hydrogen-bond acceptors (Lipinski definition) is 4. The third kappa shape index (κ3) is 4.30. The number of amides is 1. The molecule has 1 aliphatic heterocycles. The number of nitrogens with zero attached hydrogens (tertiary/aromatic N) is 3. The highest BCUT2D eigenvalue weighted by Gasteiger charge is 2.35. The van der Waals surface area contributed by atoms with Crippen LogP contribution in [0.15, 0.2) is 24.3 Å². The second-order valence-corrected chi connectivity index (χ2v) is 6.32. The van der Waals surface area contributed by atoms with Gasteiger partial charge in [-0.2, -0.15) is 5.26 Å². The number of nitriles is 1. The summed E-state index contributed by atoms with van der Waals surface area (Å²) in [5, 5.41) is 19.7. The highest BCUT2D eigenvalue weighted by Crippen LogP contribution is 2.26. The fourth-order valence-corrected chi connectivity index (χ4v) is 2.92. The van der Waals surface area contributed by atoms with Crippen molar-refractivity contribution in [3.63, 3.8) is 0 Å². The van der Waals surface area contributed by atoms with Crippen LogP contribution >= 0.6 is 0 Å². The number of benzene rings is 1. The Kier molecular flexibility index (Phi) is 5.17. The zero-order chi connectivity index (χ0) is 16.2. The van der Waals surface area contributed by atoms with Crippen LogP contribution in [0.4, 0.5) is 0 Å². The smallest absolute Gasteiger partial charge is 0.224 e. The van der Waals surface area contributed by atoms with Crippen molar-refractivity contribution in [2.45, 2.75) is 31.4 Å². The van der Waals surface area contributed by atoms with Gasteiger partial charge in [-0.15, -0.1) is 0 Å². The Bertz CT molecular complexity index is 580. The zero-order valence-electron chi connectivity index (χ0n) is 13.2. The van der Waals surface area contributed by atoms with Crippen molar-refractivity contribution in [2.24, 2.45) is 0 Å². The Balaban J connectivity index is 2.01. The molecule has 0 bridgehead atoms. The van der Waals surface area contributed by atoms with E-state index in [-0.39, 0.29) is 12.3 Å². The average molecular weight is 301 g/mol. The zero-order valence-corrected chi connectivity index (χ0v) is 13.2. The van der Waals surface area contributed by atoms with Gasteiger partial charge in [-0.05, 0) is 37.1 Å². The quantitative estimate of drug-likeness (QED) is 0.912. The monoisotopic (exact) mass is 301 g/mol. The van der Waals surface area contributed by atoms with Crippen LogP contribution in [0.2, 0.25) is 0 Å². The Morgan fingerprint density at radius 3 is 2.95 bits per heavy atom. The minimum Gasteiger partial charge on any atom is -0.388 e. The molecule has 1 heterocycles. The molecule has 22 heavy (non-hydrogen) atoms. The molecule has 118 valence electrons. The molecule has 1 aromatic rings. The molecule has 1 aliphatic rings. The van der Waals surface area contributed by atoms with Gasteiger partial charge in [0.1, 0.15) is 0 Å². The molecule has 1 amide bonds. The normalized spacial score (nSPS) is 22.1. The maximum atomic E-state index is 11.9. The van der Waals surface area contributed by atoms with E-state index in [0.29, 0.717) is 25.1 Å². The molecule has 5 nitrogen and oxygen atoms in total. The first-order valence-corrected chi connectivity index (χ1v) is 7.56. The minimum atomic E-state index is -0.952. The van der Waals surface area contributed by atoms with Gasteiger partial charge in [-0.3, -0.25) is 9.69 Å². The van der Waals surface area contributed by atoms with Gasteiger partial charge in [0.15, 0.2) is 0 Å². The Morgan fingerprint density at radius 1 is 1.50 bits per heavy atom. The summed E-state index contributed by atoms with van der Waals surface area (Å²) in [6.45, 7) is 2.08. The van der Waals surface area contributed by atoms with Gasteiger partial charge < -0.3 is 10.0 Å². The molecule has 1 aromatic carbocycles. The number of piperidine rings is 1. The standard InChI is InChI=1S/C17H23N3O2/c1-19(2)16(21)10-17(22)7-4-8-20(13-17)12-15-6-3-5-14(9-15)11-18/h3,5-6,9,22H,4,7-8,10,12-13H2,1-2H3. The van der Waals surface area contributed by atoms with E-state index in [2.05, 4.69) is 11.0 Å². The molecule has 1 unspecified atom stereocenters. The molecule has 1 N–H and O–H groups in total. The third-order valence-corrected chi connectivity index (χ3v) is 4.08. The molecule has 0 aliphatic carbocycles. The number of carbonyl (C=O) groups is 1. The SMILES string of the molecule is CN(C)C(=O)CC1(O)CCCN(Cc2cccc(C#N)c2)C1. The highest BCUT2D eigenvalue weighted by atomic mass is 16.3. The van der Waals surface area contributed by atoms with Gasteiger partial charge in [0.25, 0.3) is 0 Å². The van der Waals surface area contributed by atoms with Crippen LogP contribution < -0.4 is 0 Å². The Labute approximate surface area is 131 Å². The fourth-order valence-electron chi connectivity index (χ4n) is 2.92. The Morgan fingerprint density at radius 2 is 2.27 bits per heavy atom. The molecule has 1 atom stereocenters. The average Bonchev–Trinajstić information content (AvgIpc) is 2.47. The summed E-state index contributed by atoms with van der Waals surface area (Å²) < 4.78 is 0. The lowest BCUT2D eigenvalue weighted by atomic mass is 9.89. The van der Waals surface area contributed by atoms with Gasteiger partial charge in [-0.25, -0.2) is 0 Å². The number of likely N-dealkylation sites (tertiary alicyclic amines) is 1. The molecular weight excluding hydrogens is 278 g/mol. The van der Waals surface area contributed by atoms with Crippen LogP contribution in [0.1, 0.15) is 30.4 Å². The molecule has 1 fully saturated rings. The van der Waals surface area contributed by atoms with Crippen LogP contribution in [0.25, 0.3) is 0 Å². The predicted molar refractivity (Wildman–Crippen MR) is 83.9 cm³/mol. The van der Waals surface area contributed by atoms with Crippen molar-refractivity contribution in [2.75, 3.05) is 27.2 Å². The molecule has 1 saturated heterocycles. The van der Waals surface area contributed by atoms with E-state index in [1.165, 1.54) is 4.90 Å². The topological polar surface area (TPSA) is 67.6 Å². The molecular formula is C17H23N3O2. The van der Waals surface area contributed by atoms with Gasteiger partial charge in [0.2, 0.25) is 5.91 Å².